The molecule has 2 nitrogen and oxygen atoms in total. The zero-order valence-electron chi connectivity index (χ0n) is 9.96. The molecule has 0 aliphatic carbocycles. The van der Waals surface area contributed by atoms with Crippen LogP contribution < -0.4 is 5.32 Å². The van der Waals surface area contributed by atoms with Gasteiger partial charge in [-0.15, -0.1) is 0 Å². The predicted molar refractivity (Wildman–Crippen MR) is 65.2 cm³/mol. The van der Waals surface area contributed by atoms with Gasteiger partial charge in [0.05, 0.1) is 5.69 Å². The maximum atomic E-state index is 13.6. The van der Waals surface area contributed by atoms with Crippen molar-refractivity contribution in [3.8, 4) is 0 Å². The molecule has 0 amide bonds. The molecule has 1 aromatic rings. The summed E-state index contributed by atoms with van der Waals surface area (Å²) in [6, 6.07) is 5.73. The number of hydrogen-bond donors (Lipinski definition) is 1. The fourth-order valence-electron chi connectivity index (χ4n) is 2.54. The lowest BCUT2D eigenvalue weighted by molar-refractivity contribution is 0.208. The van der Waals surface area contributed by atoms with Crippen molar-refractivity contribution >= 4 is 5.69 Å². The molecule has 1 atom stereocenters. The third-order valence-electron chi connectivity index (χ3n) is 3.38. The van der Waals surface area contributed by atoms with Crippen molar-refractivity contribution in [1.82, 2.24) is 4.90 Å². The van der Waals surface area contributed by atoms with E-state index in [4.69, 9.17) is 0 Å². The Balaban J connectivity index is 2.36. The third-order valence-corrected chi connectivity index (χ3v) is 3.38. The Labute approximate surface area is 96.5 Å². The van der Waals surface area contributed by atoms with Gasteiger partial charge in [-0.25, -0.2) is 4.39 Å². The molecule has 1 aliphatic heterocycles. The summed E-state index contributed by atoms with van der Waals surface area (Å²) in [5, 5.41) is 3.16. The zero-order valence-corrected chi connectivity index (χ0v) is 9.96. The van der Waals surface area contributed by atoms with Crippen LogP contribution in [0, 0.1) is 5.82 Å². The van der Waals surface area contributed by atoms with E-state index in [1.807, 2.05) is 6.07 Å². The molecule has 1 heterocycles. The minimum Gasteiger partial charge on any atom is -0.382 e. The second-order valence-corrected chi connectivity index (χ2v) is 4.16. The molecule has 0 fully saturated rings. The minimum absolute atomic E-state index is 0.130. The summed E-state index contributed by atoms with van der Waals surface area (Å²) in [6.07, 6.45) is 1.05. The van der Waals surface area contributed by atoms with Gasteiger partial charge in [0.1, 0.15) is 5.82 Å². The van der Waals surface area contributed by atoms with Crippen LogP contribution in [-0.4, -0.2) is 24.5 Å². The first kappa shape index (κ1) is 11.4. The van der Waals surface area contributed by atoms with Crippen LogP contribution in [0.4, 0.5) is 10.1 Å². The Morgan fingerprint density at radius 3 is 2.81 bits per heavy atom. The number of hydrogen-bond acceptors (Lipinski definition) is 2. The van der Waals surface area contributed by atoms with Crippen molar-refractivity contribution < 1.29 is 4.39 Å². The van der Waals surface area contributed by atoms with Crippen LogP contribution >= 0.6 is 0 Å². The lowest BCUT2D eigenvalue weighted by Crippen LogP contribution is -2.33. The number of anilines is 1. The standard InChI is InChI=1S/C13H19FN2/c1-3-16(4-2)12-8-9-15-13-10(12)6-5-7-11(13)14/h5-7,12,15H,3-4,8-9H2,1-2H3. The van der Waals surface area contributed by atoms with Crippen molar-refractivity contribution in [3.63, 3.8) is 0 Å². The number of benzene rings is 1. The molecular weight excluding hydrogens is 203 g/mol. The van der Waals surface area contributed by atoms with Gasteiger partial charge in [-0.05, 0) is 31.1 Å². The lowest BCUT2D eigenvalue weighted by atomic mass is 9.96. The highest BCUT2D eigenvalue weighted by Crippen LogP contribution is 2.35. The number of rotatable bonds is 3. The lowest BCUT2D eigenvalue weighted by Gasteiger charge is -2.35. The van der Waals surface area contributed by atoms with Crippen LogP contribution in [0.2, 0.25) is 0 Å². The first-order valence-corrected chi connectivity index (χ1v) is 6.04. The number of para-hydroxylation sites is 1. The van der Waals surface area contributed by atoms with Crippen LogP contribution in [0.3, 0.4) is 0 Å². The predicted octanol–water partition coefficient (Wildman–Crippen LogP) is 3.02. The molecular formula is C13H19FN2. The molecule has 0 saturated carbocycles. The smallest absolute Gasteiger partial charge is 0.146 e. The van der Waals surface area contributed by atoms with E-state index >= 15 is 0 Å². The van der Waals surface area contributed by atoms with E-state index in [1.165, 1.54) is 6.07 Å². The molecule has 88 valence electrons. The van der Waals surface area contributed by atoms with Gasteiger partial charge in [-0.1, -0.05) is 26.0 Å². The number of nitrogens with zero attached hydrogens (tertiary/aromatic N) is 1. The molecule has 3 heteroatoms. The number of fused-ring (bicyclic) bond motifs is 1. The summed E-state index contributed by atoms with van der Waals surface area (Å²) < 4.78 is 13.6. The molecule has 16 heavy (non-hydrogen) atoms. The summed E-state index contributed by atoms with van der Waals surface area (Å²) in [5.74, 6) is -0.130. The quantitative estimate of drug-likeness (QED) is 0.845. The van der Waals surface area contributed by atoms with Gasteiger partial charge in [0, 0.05) is 12.6 Å². The maximum absolute atomic E-state index is 13.6. The van der Waals surface area contributed by atoms with E-state index in [2.05, 4.69) is 24.1 Å². The van der Waals surface area contributed by atoms with E-state index in [0.29, 0.717) is 11.7 Å². The summed E-state index contributed by atoms with van der Waals surface area (Å²) in [7, 11) is 0. The molecule has 0 bridgehead atoms. The van der Waals surface area contributed by atoms with E-state index in [0.717, 1.165) is 31.6 Å². The molecule has 1 N–H and O–H groups in total. The molecule has 0 spiro atoms. The van der Waals surface area contributed by atoms with E-state index < -0.39 is 0 Å². The first-order chi connectivity index (χ1) is 7.77. The molecule has 0 radical (unpaired) electrons. The van der Waals surface area contributed by atoms with Crippen molar-refractivity contribution in [1.29, 1.82) is 0 Å². The fraction of sp³-hybridized carbons (Fsp3) is 0.538. The Kier molecular flexibility index (Phi) is 3.44. The van der Waals surface area contributed by atoms with E-state index in [9.17, 15) is 4.39 Å². The van der Waals surface area contributed by atoms with Crippen LogP contribution in [0.5, 0.6) is 0 Å². The molecule has 1 aromatic carbocycles. The monoisotopic (exact) mass is 222 g/mol. The number of nitrogens with one attached hydrogen (secondary N) is 1. The SMILES string of the molecule is CCN(CC)C1CCNc2c(F)cccc21. The largest absolute Gasteiger partial charge is 0.382 e. The van der Waals surface area contributed by atoms with Crippen molar-refractivity contribution in [2.45, 2.75) is 26.3 Å². The summed E-state index contributed by atoms with van der Waals surface area (Å²) >= 11 is 0. The van der Waals surface area contributed by atoms with Gasteiger partial charge in [-0.3, -0.25) is 4.90 Å². The van der Waals surface area contributed by atoms with Gasteiger partial charge in [-0.2, -0.15) is 0 Å². The normalized spacial score (nSPS) is 19.4. The van der Waals surface area contributed by atoms with Crippen LogP contribution in [-0.2, 0) is 0 Å². The molecule has 0 saturated heterocycles. The molecule has 1 unspecified atom stereocenters. The highest BCUT2D eigenvalue weighted by molar-refractivity contribution is 5.55. The zero-order chi connectivity index (χ0) is 11.5. The van der Waals surface area contributed by atoms with Crippen molar-refractivity contribution in [2.24, 2.45) is 0 Å². The number of halogens is 1. The Bertz CT molecular complexity index is 361. The van der Waals surface area contributed by atoms with Gasteiger partial charge in [0.2, 0.25) is 0 Å². The molecule has 1 aliphatic rings. The Hall–Kier alpha value is -1.09. The first-order valence-electron chi connectivity index (χ1n) is 6.04. The highest BCUT2D eigenvalue weighted by Gasteiger charge is 2.25. The second-order valence-electron chi connectivity index (χ2n) is 4.16. The van der Waals surface area contributed by atoms with Crippen molar-refractivity contribution in [3.05, 3.63) is 29.6 Å². The van der Waals surface area contributed by atoms with Crippen LogP contribution in [0.1, 0.15) is 31.9 Å². The Morgan fingerprint density at radius 1 is 1.38 bits per heavy atom. The van der Waals surface area contributed by atoms with Gasteiger partial charge >= 0.3 is 0 Å². The topological polar surface area (TPSA) is 15.3 Å². The summed E-state index contributed by atoms with van der Waals surface area (Å²) in [6.45, 7) is 7.19. The van der Waals surface area contributed by atoms with Crippen molar-refractivity contribution in [2.75, 3.05) is 25.0 Å². The van der Waals surface area contributed by atoms with E-state index in [1.54, 1.807) is 6.07 Å². The van der Waals surface area contributed by atoms with Gasteiger partial charge < -0.3 is 5.32 Å². The molecule has 0 aromatic heterocycles. The van der Waals surface area contributed by atoms with Gasteiger partial charge in [0.25, 0.3) is 0 Å². The molecule has 2 rings (SSSR count). The van der Waals surface area contributed by atoms with Crippen LogP contribution in [0.15, 0.2) is 18.2 Å². The second kappa shape index (κ2) is 4.83. The average Bonchev–Trinajstić information content (AvgIpc) is 2.32. The summed E-state index contributed by atoms with van der Waals surface area (Å²) in [5.41, 5.74) is 1.81. The minimum atomic E-state index is -0.130. The highest BCUT2D eigenvalue weighted by atomic mass is 19.1. The summed E-state index contributed by atoms with van der Waals surface area (Å²) in [4.78, 5) is 2.39. The Morgan fingerprint density at radius 2 is 2.12 bits per heavy atom. The van der Waals surface area contributed by atoms with E-state index in [-0.39, 0.29) is 5.82 Å². The van der Waals surface area contributed by atoms with Gasteiger partial charge in [0.15, 0.2) is 0 Å². The van der Waals surface area contributed by atoms with Crippen LogP contribution in [0.25, 0.3) is 0 Å². The average molecular weight is 222 g/mol. The fourth-order valence-corrected chi connectivity index (χ4v) is 2.54. The third kappa shape index (κ3) is 1.92. The maximum Gasteiger partial charge on any atom is 0.146 e.